The highest BCUT2D eigenvalue weighted by atomic mass is 16.4. The standard InChI is InChI=1S/C16H26N2O3/c19-15(18-13-7-3-5-11(13)16(20)21)14-9-8-10-4-1-2-6-12(10)17-14/h10-14,17H,1-9H2,(H,18,19)(H,20,21). The Morgan fingerprint density at radius 3 is 2.57 bits per heavy atom. The van der Waals surface area contributed by atoms with Crippen molar-refractivity contribution >= 4 is 11.9 Å². The van der Waals surface area contributed by atoms with Crippen LogP contribution in [0.25, 0.3) is 0 Å². The number of carbonyl (C=O) groups excluding carboxylic acids is 1. The number of carboxylic acids is 1. The molecule has 3 fully saturated rings. The van der Waals surface area contributed by atoms with Crippen molar-refractivity contribution in [3.63, 3.8) is 0 Å². The lowest BCUT2D eigenvalue weighted by molar-refractivity contribution is -0.142. The third-order valence-corrected chi connectivity index (χ3v) is 5.63. The first-order chi connectivity index (χ1) is 10.1. The molecule has 5 atom stereocenters. The summed E-state index contributed by atoms with van der Waals surface area (Å²) in [5.41, 5.74) is 0. The Bertz CT molecular complexity index is 412. The van der Waals surface area contributed by atoms with Gasteiger partial charge in [-0.1, -0.05) is 19.3 Å². The van der Waals surface area contributed by atoms with Crippen LogP contribution in [0.2, 0.25) is 0 Å². The van der Waals surface area contributed by atoms with Crippen LogP contribution in [0.5, 0.6) is 0 Å². The van der Waals surface area contributed by atoms with Crippen LogP contribution in [0.3, 0.4) is 0 Å². The molecule has 5 unspecified atom stereocenters. The van der Waals surface area contributed by atoms with Crippen molar-refractivity contribution in [3.8, 4) is 0 Å². The first kappa shape index (κ1) is 14.8. The average Bonchev–Trinajstić information content (AvgIpc) is 2.95. The number of piperidine rings is 1. The topological polar surface area (TPSA) is 78.4 Å². The molecule has 5 heteroatoms. The van der Waals surface area contributed by atoms with Gasteiger partial charge in [0.05, 0.1) is 12.0 Å². The lowest BCUT2D eigenvalue weighted by Crippen LogP contribution is -2.56. The Morgan fingerprint density at radius 2 is 1.76 bits per heavy atom. The number of hydrogen-bond acceptors (Lipinski definition) is 3. The molecule has 3 aliphatic rings. The van der Waals surface area contributed by atoms with Gasteiger partial charge in [0, 0.05) is 12.1 Å². The Balaban J connectivity index is 1.54. The normalized spacial score (nSPS) is 39.5. The molecule has 2 saturated carbocycles. The molecule has 5 nitrogen and oxygen atoms in total. The van der Waals surface area contributed by atoms with E-state index in [4.69, 9.17) is 0 Å². The number of nitrogens with one attached hydrogen (secondary N) is 2. The van der Waals surface area contributed by atoms with Gasteiger partial charge in [-0.2, -0.15) is 0 Å². The van der Waals surface area contributed by atoms with E-state index in [-0.39, 0.29) is 18.0 Å². The van der Waals surface area contributed by atoms with Crippen molar-refractivity contribution < 1.29 is 14.7 Å². The van der Waals surface area contributed by atoms with Gasteiger partial charge in [-0.3, -0.25) is 9.59 Å². The summed E-state index contributed by atoms with van der Waals surface area (Å²) < 4.78 is 0. The maximum atomic E-state index is 12.4. The number of amides is 1. The highest BCUT2D eigenvalue weighted by molar-refractivity contribution is 5.83. The minimum atomic E-state index is -0.776. The van der Waals surface area contributed by atoms with Gasteiger partial charge in [-0.05, 0) is 44.4 Å². The minimum absolute atomic E-state index is 0.0113. The Kier molecular flexibility index (Phi) is 4.48. The molecule has 2 aliphatic carbocycles. The molecule has 0 spiro atoms. The van der Waals surface area contributed by atoms with Gasteiger partial charge in [0.25, 0.3) is 0 Å². The summed E-state index contributed by atoms with van der Waals surface area (Å²) in [6.45, 7) is 0. The van der Waals surface area contributed by atoms with Crippen LogP contribution in [0, 0.1) is 11.8 Å². The summed E-state index contributed by atoms with van der Waals surface area (Å²) in [6, 6.07) is 0.183. The summed E-state index contributed by atoms with van der Waals surface area (Å²) in [7, 11) is 0. The SMILES string of the molecule is O=C(NC1CCCC1C(=O)O)C1CCC2CCCCC2N1. The molecule has 21 heavy (non-hydrogen) atoms. The third kappa shape index (κ3) is 3.23. The van der Waals surface area contributed by atoms with E-state index in [1.165, 1.54) is 25.7 Å². The van der Waals surface area contributed by atoms with Crippen LogP contribution in [0.15, 0.2) is 0 Å². The highest BCUT2D eigenvalue weighted by Gasteiger charge is 2.38. The van der Waals surface area contributed by atoms with E-state index in [1.807, 2.05) is 0 Å². The van der Waals surface area contributed by atoms with E-state index in [0.717, 1.165) is 31.6 Å². The number of aliphatic carboxylic acids is 1. The fourth-order valence-electron chi connectivity index (χ4n) is 4.41. The van der Waals surface area contributed by atoms with Crippen LogP contribution in [-0.4, -0.2) is 35.1 Å². The first-order valence-corrected chi connectivity index (χ1v) is 8.44. The van der Waals surface area contributed by atoms with E-state index in [2.05, 4.69) is 10.6 Å². The van der Waals surface area contributed by atoms with E-state index in [0.29, 0.717) is 12.5 Å². The van der Waals surface area contributed by atoms with Crippen LogP contribution in [0.4, 0.5) is 0 Å². The highest BCUT2D eigenvalue weighted by Crippen LogP contribution is 2.32. The van der Waals surface area contributed by atoms with Gasteiger partial charge in [0.2, 0.25) is 5.91 Å². The average molecular weight is 294 g/mol. The zero-order chi connectivity index (χ0) is 14.8. The smallest absolute Gasteiger partial charge is 0.308 e. The molecule has 0 aromatic rings. The summed E-state index contributed by atoms with van der Waals surface area (Å²) in [5, 5.41) is 15.7. The molecule has 0 bridgehead atoms. The molecular formula is C16H26N2O3. The predicted octanol–water partition coefficient (Wildman–Crippen LogP) is 1.67. The van der Waals surface area contributed by atoms with Gasteiger partial charge in [0.15, 0.2) is 0 Å². The largest absolute Gasteiger partial charge is 0.481 e. The molecule has 3 rings (SSSR count). The lowest BCUT2D eigenvalue weighted by atomic mass is 9.77. The molecule has 0 radical (unpaired) electrons. The third-order valence-electron chi connectivity index (χ3n) is 5.63. The van der Waals surface area contributed by atoms with Gasteiger partial charge >= 0.3 is 5.97 Å². The van der Waals surface area contributed by atoms with Crippen molar-refractivity contribution in [2.24, 2.45) is 11.8 Å². The van der Waals surface area contributed by atoms with E-state index in [1.54, 1.807) is 0 Å². The van der Waals surface area contributed by atoms with Crippen LogP contribution in [-0.2, 0) is 9.59 Å². The second kappa shape index (κ2) is 6.34. The van der Waals surface area contributed by atoms with Gasteiger partial charge < -0.3 is 15.7 Å². The molecule has 1 amide bonds. The molecule has 0 aromatic carbocycles. The summed E-state index contributed by atoms with van der Waals surface area (Å²) in [6.07, 6.45) is 9.43. The van der Waals surface area contributed by atoms with E-state index in [9.17, 15) is 14.7 Å². The summed E-state index contributed by atoms with van der Waals surface area (Å²) in [5.74, 6) is -0.431. The van der Waals surface area contributed by atoms with Crippen molar-refractivity contribution in [1.82, 2.24) is 10.6 Å². The zero-order valence-electron chi connectivity index (χ0n) is 12.5. The van der Waals surface area contributed by atoms with Crippen molar-refractivity contribution in [1.29, 1.82) is 0 Å². The number of rotatable bonds is 3. The van der Waals surface area contributed by atoms with Crippen molar-refractivity contribution in [3.05, 3.63) is 0 Å². The van der Waals surface area contributed by atoms with Gasteiger partial charge in [0.1, 0.15) is 0 Å². The van der Waals surface area contributed by atoms with Crippen molar-refractivity contribution in [2.75, 3.05) is 0 Å². The molecule has 118 valence electrons. The van der Waals surface area contributed by atoms with Crippen LogP contribution >= 0.6 is 0 Å². The van der Waals surface area contributed by atoms with E-state index < -0.39 is 11.9 Å². The fourth-order valence-corrected chi connectivity index (χ4v) is 4.41. The van der Waals surface area contributed by atoms with Crippen molar-refractivity contribution in [2.45, 2.75) is 75.9 Å². The predicted molar refractivity (Wildman–Crippen MR) is 78.8 cm³/mol. The second-order valence-electron chi connectivity index (χ2n) is 6.94. The first-order valence-electron chi connectivity index (χ1n) is 8.44. The minimum Gasteiger partial charge on any atom is -0.481 e. The Labute approximate surface area is 125 Å². The summed E-state index contributed by atoms with van der Waals surface area (Å²) >= 11 is 0. The number of carbonyl (C=O) groups is 2. The molecule has 0 aromatic heterocycles. The van der Waals surface area contributed by atoms with Crippen LogP contribution in [0.1, 0.15) is 57.8 Å². The lowest BCUT2D eigenvalue weighted by Gasteiger charge is -2.40. The Morgan fingerprint density at radius 1 is 0.952 bits per heavy atom. The van der Waals surface area contributed by atoms with Gasteiger partial charge in [-0.15, -0.1) is 0 Å². The number of fused-ring (bicyclic) bond motifs is 1. The maximum absolute atomic E-state index is 12.4. The number of carboxylic acid groups (broad SMARTS) is 1. The maximum Gasteiger partial charge on any atom is 0.308 e. The quantitative estimate of drug-likeness (QED) is 0.740. The second-order valence-corrected chi connectivity index (χ2v) is 6.94. The fraction of sp³-hybridized carbons (Fsp3) is 0.875. The molecule has 1 aliphatic heterocycles. The van der Waals surface area contributed by atoms with Crippen LogP contribution < -0.4 is 10.6 Å². The molecule has 1 saturated heterocycles. The Hall–Kier alpha value is -1.10. The molecule has 1 heterocycles. The number of hydrogen-bond donors (Lipinski definition) is 3. The van der Waals surface area contributed by atoms with Gasteiger partial charge in [-0.25, -0.2) is 0 Å². The summed E-state index contributed by atoms with van der Waals surface area (Å²) in [4.78, 5) is 23.6. The molecule has 3 N–H and O–H groups in total. The molecular weight excluding hydrogens is 268 g/mol. The zero-order valence-corrected chi connectivity index (χ0v) is 12.5. The monoisotopic (exact) mass is 294 g/mol. The van der Waals surface area contributed by atoms with E-state index >= 15 is 0 Å².